The molecule has 0 unspecified atom stereocenters. The van der Waals surface area contributed by atoms with Crippen LogP contribution in [-0.2, 0) is 22.7 Å². The molecule has 0 saturated heterocycles. The topological polar surface area (TPSA) is 157 Å². The number of methoxy groups -OCH3 is 2. The third kappa shape index (κ3) is 8.24. The van der Waals surface area contributed by atoms with Crippen molar-refractivity contribution < 1.29 is 38.9 Å². The van der Waals surface area contributed by atoms with E-state index in [1.165, 1.54) is 19.2 Å². The molecule has 0 aliphatic carbocycles. The fraction of sp³-hybridized carbons (Fsp3) is 0.167. The van der Waals surface area contributed by atoms with Crippen molar-refractivity contribution >= 4 is 23.3 Å². The summed E-state index contributed by atoms with van der Waals surface area (Å²) in [5.41, 5.74) is 2.53. The number of rotatable bonds is 9. The van der Waals surface area contributed by atoms with Crippen molar-refractivity contribution in [1.82, 2.24) is 0 Å². The zero-order chi connectivity index (χ0) is 25.8. The molecule has 0 saturated carbocycles. The van der Waals surface area contributed by atoms with E-state index in [0.717, 1.165) is 11.1 Å². The molecule has 35 heavy (non-hydrogen) atoms. The van der Waals surface area contributed by atoms with Gasteiger partial charge in [0, 0.05) is 18.7 Å². The second kappa shape index (κ2) is 13.0. The second-order valence-electron chi connectivity index (χ2n) is 6.87. The maximum atomic E-state index is 11.0. The van der Waals surface area contributed by atoms with Crippen LogP contribution in [0.25, 0.3) is 0 Å². The largest absolute Gasteiger partial charge is 0.495 e. The van der Waals surface area contributed by atoms with Crippen LogP contribution >= 0.6 is 0 Å². The van der Waals surface area contributed by atoms with Crippen LogP contribution in [-0.4, -0.2) is 41.3 Å². The minimum Gasteiger partial charge on any atom is -0.495 e. The molecule has 3 rings (SSSR count). The number of carboxylic acid groups (broad SMARTS) is 2. The van der Waals surface area contributed by atoms with Crippen molar-refractivity contribution in [2.75, 3.05) is 19.5 Å². The molecule has 0 aliphatic rings. The van der Waals surface area contributed by atoms with Crippen molar-refractivity contribution in [2.45, 2.75) is 13.2 Å². The average Bonchev–Trinajstić information content (AvgIpc) is 2.86. The number of nitro groups is 1. The number of nitrogens with zero attached hydrogens (tertiary/aromatic N) is 1. The Kier molecular flexibility index (Phi) is 9.85. The Hall–Kier alpha value is -4.80. The number of ether oxygens (including phenoxy) is 3. The summed E-state index contributed by atoms with van der Waals surface area (Å²) >= 11 is 0. The maximum absolute atomic E-state index is 11.0. The van der Waals surface area contributed by atoms with Gasteiger partial charge in [0.25, 0.3) is 5.69 Å². The fourth-order valence-electron chi connectivity index (χ4n) is 2.82. The minimum atomic E-state index is -1.82. The molecule has 184 valence electrons. The van der Waals surface area contributed by atoms with Gasteiger partial charge in [-0.2, -0.15) is 0 Å². The summed E-state index contributed by atoms with van der Waals surface area (Å²) in [7, 11) is 3.12. The lowest BCUT2D eigenvalue weighted by Gasteiger charge is -2.14. The SMILES string of the molecule is COc1ccc([N+](=O)[O-])cc1NCc1ccc(OC)c(OCc2ccccc2)c1.O=C(O)C(=O)O. The predicted molar refractivity (Wildman–Crippen MR) is 126 cm³/mol. The van der Waals surface area contributed by atoms with Gasteiger partial charge in [0.2, 0.25) is 0 Å². The quantitative estimate of drug-likeness (QED) is 0.231. The number of nitrogens with one attached hydrogen (secondary N) is 1. The molecular formula is C24H24N2O9. The summed E-state index contributed by atoms with van der Waals surface area (Å²) in [5, 5.41) is 29.0. The summed E-state index contributed by atoms with van der Waals surface area (Å²) < 4.78 is 16.6. The van der Waals surface area contributed by atoms with E-state index in [1.54, 1.807) is 13.2 Å². The van der Waals surface area contributed by atoms with Gasteiger partial charge in [-0.1, -0.05) is 36.4 Å². The van der Waals surface area contributed by atoms with Crippen molar-refractivity contribution in [3.63, 3.8) is 0 Å². The Morgan fingerprint density at radius 2 is 1.49 bits per heavy atom. The molecular weight excluding hydrogens is 460 g/mol. The molecule has 0 aliphatic heterocycles. The Balaban J connectivity index is 0.000000641. The van der Waals surface area contributed by atoms with Crippen LogP contribution in [0, 0.1) is 10.1 Å². The van der Waals surface area contributed by atoms with Crippen LogP contribution in [0.4, 0.5) is 11.4 Å². The number of benzene rings is 3. The number of carbonyl (C=O) groups is 2. The lowest BCUT2D eigenvalue weighted by Crippen LogP contribution is -2.09. The molecule has 0 aromatic heterocycles. The van der Waals surface area contributed by atoms with E-state index in [9.17, 15) is 10.1 Å². The number of non-ortho nitro benzene ring substituents is 1. The molecule has 0 amide bonds. The highest BCUT2D eigenvalue weighted by atomic mass is 16.6. The van der Waals surface area contributed by atoms with Crippen molar-refractivity contribution in [3.8, 4) is 17.2 Å². The van der Waals surface area contributed by atoms with Crippen LogP contribution < -0.4 is 19.5 Å². The van der Waals surface area contributed by atoms with Gasteiger partial charge in [0.15, 0.2) is 11.5 Å². The van der Waals surface area contributed by atoms with E-state index in [0.29, 0.717) is 36.1 Å². The van der Waals surface area contributed by atoms with Gasteiger partial charge in [-0.05, 0) is 29.3 Å². The molecule has 11 heteroatoms. The summed E-state index contributed by atoms with van der Waals surface area (Å²) in [5.74, 6) is -1.85. The number of hydrogen-bond acceptors (Lipinski definition) is 8. The molecule has 0 bridgehead atoms. The van der Waals surface area contributed by atoms with Gasteiger partial charge in [0.1, 0.15) is 12.4 Å². The van der Waals surface area contributed by atoms with Crippen LogP contribution in [0.1, 0.15) is 11.1 Å². The second-order valence-corrected chi connectivity index (χ2v) is 6.87. The molecule has 0 radical (unpaired) electrons. The number of aliphatic carboxylic acids is 2. The average molecular weight is 484 g/mol. The Morgan fingerprint density at radius 3 is 2.06 bits per heavy atom. The highest BCUT2D eigenvalue weighted by Gasteiger charge is 2.12. The smallest absolute Gasteiger partial charge is 0.414 e. The van der Waals surface area contributed by atoms with E-state index < -0.39 is 16.9 Å². The van der Waals surface area contributed by atoms with Gasteiger partial charge in [-0.15, -0.1) is 0 Å². The standard InChI is InChI=1S/C22H22N2O5.C2H2O4/c1-27-20-11-9-18(24(25)26)13-19(20)23-14-17-8-10-21(28-2)22(12-17)29-15-16-6-4-3-5-7-16;3-1(4)2(5)6/h3-13,23H,14-15H2,1-2H3;(H,3,4)(H,5,6). The van der Waals surface area contributed by atoms with Crippen molar-refractivity contribution in [3.05, 3.63) is 88.0 Å². The zero-order valence-electron chi connectivity index (χ0n) is 19.0. The van der Waals surface area contributed by atoms with Crippen molar-refractivity contribution in [1.29, 1.82) is 0 Å². The van der Waals surface area contributed by atoms with E-state index in [-0.39, 0.29) is 5.69 Å². The molecule has 0 heterocycles. The number of nitro benzene ring substituents is 1. The first kappa shape index (κ1) is 26.5. The van der Waals surface area contributed by atoms with E-state index >= 15 is 0 Å². The van der Waals surface area contributed by atoms with Gasteiger partial charge in [0.05, 0.1) is 24.8 Å². The number of carboxylic acids is 2. The molecule has 3 N–H and O–H groups in total. The lowest BCUT2D eigenvalue weighted by atomic mass is 10.2. The monoisotopic (exact) mass is 484 g/mol. The Bertz CT molecular complexity index is 1150. The van der Waals surface area contributed by atoms with E-state index in [2.05, 4.69) is 5.32 Å². The maximum Gasteiger partial charge on any atom is 0.414 e. The van der Waals surface area contributed by atoms with Gasteiger partial charge >= 0.3 is 11.9 Å². The predicted octanol–water partition coefficient (Wildman–Crippen LogP) is 3.96. The molecule has 3 aromatic carbocycles. The molecule has 3 aromatic rings. The highest BCUT2D eigenvalue weighted by molar-refractivity contribution is 6.27. The van der Waals surface area contributed by atoms with Gasteiger partial charge in [-0.25, -0.2) is 9.59 Å². The molecule has 0 fully saturated rings. The van der Waals surface area contributed by atoms with Crippen LogP contribution in [0.15, 0.2) is 66.7 Å². The molecule has 0 spiro atoms. The van der Waals surface area contributed by atoms with Crippen molar-refractivity contribution in [2.24, 2.45) is 0 Å². The molecule has 11 nitrogen and oxygen atoms in total. The van der Waals surface area contributed by atoms with E-state index in [4.69, 9.17) is 34.0 Å². The third-order valence-corrected chi connectivity index (χ3v) is 4.52. The first-order chi connectivity index (χ1) is 16.7. The first-order valence-electron chi connectivity index (χ1n) is 10.1. The summed E-state index contributed by atoms with van der Waals surface area (Å²) in [6.45, 7) is 0.857. The highest BCUT2D eigenvalue weighted by Crippen LogP contribution is 2.31. The first-order valence-corrected chi connectivity index (χ1v) is 10.1. The molecule has 0 atom stereocenters. The summed E-state index contributed by atoms with van der Waals surface area (Å²) in [4.78, 5) is 28.8. The van der Waals surface area contributed by atoms with Crippen LogP contribution in [0.5, 0.6) is 17.2 Å². The van der Waals surface area contributed by atoms with Crippen LogP contribution in [0.2, 0.25) is 0 Å². The van der Waals surface area contributed by atoms with Gasteiger partial charge in [-0.3, -0.25) is 10.1 Å². The summed E-state index contributed by atoms with van der Waals surface area (Å²) in [6, 6.07) is 19.9. The Labute approximate surface area is 200 Å². The lowest BCUT2D eigenvalue weighted by molar-refractivity contribution is -0.384. The fourth-order valence-corrected chi connectivity index (χ4v) is 2.82. The third-order valence-electron chi connectivity index (χ3n) is 4.52. The number of hydrogen-bond donors (Lipinski definition) is 3. The summed E-state index contributed by atoms with van der Waals surface area (Å²) in [6.07, 6.45) is 0. The van der Waals surface area contributed by atoms with E-state index in [1.807, 2.05) is 48.5 Å². The minimum absolute atomic E-state index is 0.00471. The Morgan fingerprint density at radius 1 is 0.857 bits per heavy atom. The normalized spacial score (nSPS) is 9.77. The van der Waals surface area contributed by atoms with Gasteiger partial charge < -0.3 is 29.7 Å². The van der Waals surface area contributed by atoms with Crippen LogP contribution in [0.3, 0.4) is 0 Å². The zero-order valence-corrected chi connectivity index (χ0v) is 19.0. The number of anilines is 1.